The molecule has 2 rings (SSSR count). The molecule has 0 spiro atoms. The molecule has 0 aromatic heterocycles. The van der Waals surface area contributed by atoms with Crippen molar-refractivity contribution in [3.8, 4) is 0 Å². The smallest absolute Gasteiger partial charge is 0.306 e. The summed E-state index contributed by atoms with van der Waals surface area (Å²) in [4.78, 5) is 9.98. The van der Waals surface area contributed by atoms with Crippen molar-refractivity contribution < 1.29 is 9.31 Å². The van der Waals surface area contributed by atoms with Gasteiger partial charge in [0.05, 0.1) is 4.92 Å². The average molecular weight is 374 g/mol. The molecule has 1 unspecified atom stereocenters. The molecule has 0 aliphatic rings. The fourth-order valence-electron chi connectivity index (χ4n) is 1.92. The molecular formula is C14H11BrClFN2O2. The van der Waals surface area contributed by atoms with E-state index in [1.54, 1.807) is 6.07 Å². The molecule has 2 aromatic rings. The molecule has 2 aromatic carbocycles. The average Bonchev–Trinajstić information content (AvgIpc) is 2.40. The molecule has 0 radical (unpaired) electrons. The molecule has 0 bridgehead atoms. The normalized spacial score (nSPS) is 12.0. The standard InChI is InChI=1S/C14H11BrClFN2O2/c1-8(11-4-2-9(15)6-12(11)16)18-10-3-5-13(17)14(7-10)19(20)21/h2-8,18H,1H3. The van der Waals surface area contributed by atoms with E-state index in [0.29, 0.717) is 10.7 Å². The van der Waals surface area contributed by atoms with E-state index in [-0.39, 0.29) is 6.04 Å². The Bertz CT molecular complexity index is 697. The van der Waals surface area contributed by atoms with Crippen LogP contribution in [0.2, 0.25) is 5.02 Å². The van der Waals surface area contributed by atoms with Crippen LogP contribution < -0.4 is 5.32 Å². The number of hydrogen-bond donors (Lipinski definition) is 1. The molecule has 4 nitrogen and oxygen atoms in total. The number of nitro benzene ring substituents is 1. The van der Waals surface area contributed by atoms with Crippen molar-refractivity contribution in [1.29, 1.82) is 0 Å². The van der Waals surface area contributed by atoms with E-state index in [9.17, 15) is 14.5 Å². The molecule has 0 saturated heterocycles. The lowest BCUT2D eigenvalue weighted by Gasteiger charge is -2.17. The highest BCUT2D eigenvalue weighted by Crippen LogP contribution is 2.30. The third-order valence-corrected chi connectivity index (χ3v) is 3.78. The van der Waals surface area contributed by atoms with Crippen molar-refractivity contribution in [1.82, 2.24) is 0 Å². The van der Waals surface area contributed by atoms with Gasteiger partial charge in [0.25, 0.3) is 0 Å². The van der Waals surface area contributed by atoms with Gasteiger partial charge in [0, 0.05) is 27.3 Å². The number of nitrogens with one attached hydrogen (secondary N) is 1. The Morgan fingerprint density at radius 1 is 1.33 bits per heavy atom. The summed E-state index contributed by atoms with van der Waals surface area (Å²) in [5, 5.41) is 14.4. The lowest BCUT2D eigenvalue weighted by Crippen LogP contribution is -2.07. The summed E-state index contributed by atoms with van der Waals surface area (Å²) in [6.07, 6.45) is 0. The maximum atomic E-state index is 13.3. The predicted molar refractivity (Wildman–Crippen MR) is 84.2 cm³/mol. The Morgan fingerprint density at radius 3 is 2.67 bits per heavy atom. The molecule has 0 saturated carbocycles. The largest absolute Gasteiger partial charge is 0.378 e. The van der Waals surface area contributed by atoms with Crippen LogP contribution in [-0.4, -0.2) is 4.92 Å². The summed E-state index contributed by atoms with van der Waals surface area (Å²) < 4.78 is 14.2. The first kappa shape index (κ1) is 15.7. The van der Waals surface area contributed by atoms with Crippen molar-refractivity contribution >= 4 is 38.9 Å². The van der Waals surface area contributed by atoms with Gasteiger partial charge in [-0.3, -0.25) is 10.1 Å². The van der Waals surface area contributed by atoms with E-state index in [0.717, 1.165) is 16.1 Å². The van der Waals surface area contributed by atoms with Crippen molar-refractivity contribution in [2.75, 3.05) is 5.32 Å². The van der Waals surface area contributed by atoms with Gasteiger partial charge in [-0.15, -0.1) is 0 Å². The van der Waals surface area contributed by atoms with Gasteiger partial charge in [-0.25, -0.2) is 0 Å². The summed E-state index contributed by atoms with van der Waals surface area (Å²) in [6.45, 7) is 1.87. The highest BCUT2D eigenvalue weighted by atomic mass is 79.9. The summed E-state index contributed by atoms with van der Waals surface area (Å²) in [5.74, 6) is -0.861. The minimum Gasteiger partial charge on any atom is -0.378 e. The molecule has 1 atom stereocenters. The minimum atomic E-state index is -0.861. The number of hydrogen-bond acceptors (Lipinski definition) is 3. The van der Waals surface area contributed by atoms with Crippen molar-refractivity contribution in [2.45, 2.75) is 13.0 Å². The summed E-state index contributed by atoms with van der Waals surface area (Å²) in [6, 6.07) is 8.97. The summed E-state index contributed by atoms with van der Waals surface area (Å²) in [5.41, 5.74) is 0.732. The fraction of sp³-hybridized carbons (Fsp3) is 0.143. The van der Waals surface area contributed by atoms with Crippen molar-refractivity contribution in [3.63, 3.8) is 0 Å². The van der Waals surface area contributed by atoms with Crippen LogP contribution in [0.3, 0.4) is 0 Å². The maximum Gasteiger partial charge on any atom is 0.306 e. The summed E-state index contributed by atoms with van der Waals surface area (Å²) >= 11 is 9.48. The zero-order valence-corrected chi connectivity index (χ0v) is 13.3. The molecular weight excluding hydrogens is 363 g/mol. The zero-order chi connectivity index (χ0) is 15.6. The Kier molecular flexibility index (Phi) is 4.80. The van der Waals surface area contributed by atoms with Crippen LogP contribution in [0.25, 0.3) is 0 Å². The third kappa shape index (κ3) is 3.71. The maximum absolute atomic E-state index is 13.3. The molecule has 0 heterocycles. The molecule has 0 aliphatic heterocycles. The Hall–Kier alpha value is -1.66. The van der Waals surface area contributed by atoms with Crippen LogP contribution in [0.15, 0.2) is 40.9 Å². The lowest BCUT2D eigenvalue weighted by atomic mass is 10.1. The second-order valence-electron chi connectivity index (χ2n) is 4.46. The third-order valence-electron chi connectivity index (χ3n) is 2.96. The number of benzene rings is 2. The topological polar surface area (TPSA) is 55.2 Å². The number of halogens is 3. The van der Waals surface area contributed by atoms with Crippen LogP contribution in [0.4, 0.5) is 15.8 Å². The highest BCUT2D eigenvalue weighted by molar-refractivity contribution is 9.10. The van der Waals surface area contributed by atoms with E-state index in [1.165, 1.54) is 12.1 Å². The molecule has 0 fully saturated rings. The van der Waals surface area contributed by atoms with E-state index in [2.05, 4.69) is 21.2 Å². The van der Waals surface area contributed by atoms with Gasteiger partial charge < -0.3 is 5.32 Å². The van der Waals surface area contributed by atoms with Crippen LogP contribution in [0.5, 0.6) is 0 Å². The predicted octanol–water partition coefficient (Wildman–Crippen LogP) is 5.32. The van der Waals surface area contributed by atoms with E-state index in [1.807, 2.05) is 19.1 Å². The van der Waals surface area contributed by atoms with Crippen LogP contribution in [0, 0.1) is 15.9 Å². The zero-order valence-electron chi connectivity index (χ0n) is 10.9. The van der Waals surface area contributed by atoms with Gasteiger partial charge in [0.2, 0.25) is 5.82 Å². The van der Waals surface area contributed by atoms with Crippen molar-refractivity contribution in [2.24, 2.45) is 0 Å². The van der Waals surface area contributed by atoms with E-state index >= 15 is 0 Å². The second-order valence-corrected chi connectivity index (χ2v) is 5.78. The lowest BCUT2D eigenvalue weighted by molar-refractivity contribution is -0.387. The quantitative estimate of drug-likeness (QED) is 0.582. The second kappa shape index (κ2) is 6.41. The molecule has 7 heteroatoms. The van der Waals surface area contributed by atoms with Gasteiger partial charge in [-0.1, -0.05) is 33.6 Å². The molecule has 1 N–H and O–H groups in total. The van der Waals surface area contributed by atoms with Crippen molar-refractivity contribution in [3.05, 3.63) is 67.4 Å². The Balaban J connectivity index is 2.25. The Labute approximate surface area is 134 Å². The van der Waals surface area contributed by atoms with Gasteiger partial charge in [0.1, 0.15) is 0 Å². The first-order chi connectivity index (χ1) is 9.88. The molecule has 110 valence electrons. The van der Waals surface area contributed by atoms with Gasteiger partial charge in [0.15, 0.2) is 0 Å². The minimum absolute atomic E-state index is 0.185. The van der Waals surface area contributed by atoms with Crippen LogP contribution in [-0.2, 0) is 0 Å². The highest BCUT2D eigenvalue weighted by Gasteiger charge is 2.16. The van der Waals surface area contributed by atoms with Crippen LogP contribution in [0.1, 0.15) is 18.5 Å². The number of anilines is 1. The molecule has 21 heavy (non-hydrogen) atoms. The molecule has 0 aliphatic carbocycles. The van der Waals surface area contributed by atoms with Gasteiger partial charge in [-0.05, 0) is 36.8 Å². The van der Waals surface area contributed by atoms with Gasteiger partial charge >= 0.3 is 5.69 Å². The van der Waals surface area contributed by atoms with E-state index < -0.39 is 16.4 Å². The monoisotopic (exact) mass is 372 g/mol. The fourth-order valence-corrected chi connectivity index (χ4v) is 2.76. The van der Waals surface area contributed by atoms with Gasteiger partial charge in [-0.2, -0.15) is 4.39 Å². The number of nitrogens with zero attached hydrogens (tertiary/aromatic N) is 1. The number of rotatable bonds is 4. The first-order valence-electron chi connectivity index (χ1n) is 6.04. The first-order valence-corrected chi connectivity index (χ1v) is 7.21. The summed E-state index contributed by atoms with van der Waals surface area (Å²) in [7, 11) is 0. The molecule has 0 amide bonds. The SMILES string of the molecule is CC(Nc1ccc(F)c([N+](=O)[O-])c1)c1ccc(Br)cc1Cl. The number of nitro groups is 1. The Morgan fingerprint density at radius 2 is 2.05 bits per heavy atom. The van der Waals surface area contributed by atoms with Crippen LogP contribution >= 0.6 is 27.5 Å². The van der Waals surface area contributed by atoms with E-state index in [4.69, 9.17) is 11.6 Å².